The second kappa shape index (κ2) is 4.85. The molecule has 0 atom stereocenters. The van der Waals surface area contributed by atoms with Gasteiger partial charge in [-0.15, -0.1) is 0 Å². The number of benzene rings is 2. The number of nitrogens with one attached hydrogen (secondary N) is 1. The van der Waals surface area contributed by atoms with Gasteiger partial charge in [-0.3, -0.25) is 0 Å². The molecular formula is C14H10ClF2N3. The second-order valence-electron chi connectivity index (χ2n) is 4.39. The highest BCUT2D eigenvalue weighted by atomic mass is 35.5. The first-order valence-corrected chi connectivity index (χ1v) is 6.30. The lowest BCUT2D eigenvalue weighted by Crippen LogP contribution is -1.95. The van der Waals surface area contributed by atoms with Gasteiger partial charge in [0.05, 0.1) is 21.6 Å². The Morgan fingerprint density at radius 1 is 1.15 bits per heavy atom. The van der Waals surface area contributed by atoms with Gasteiger partial charge in [-0.25, -0.2) is 13.8 Å². The van der Waals surface area contributed by atoms with E-state index in [9.17, 15) is 8.78 Å². The van der Waals surface area contributed by atoms with Crippen LogP contribution in [0.15, 0.2) is 30.3 Å². The van der Waals surface area contributed by atoms with E-state index in [1.165, 1.54) is 0 Å². The number of nitrogens with two attached hydrogens (primary N) is 1. The molecule has 102 valence electrons. The Bertz CT molecular complexity index is 798. The van der Waals surface area contributed by atoms with Gasteiger partial charge >= 0.3 is 0 Å². The first-order chi connectivity index (χ1) is 9.58. The van der Waals surface area contributed by atoms with Crippen LogP contribution in [0.4, 0.5) is 8.78 Å². The van der Waals surface area contributed by atoms with Crippen molar-refractivity contribution < 1.29 is 8.78 Å². The maximum atomic E-state index is 13.9. The molecule has 1 heterocycles. The molecule has 0 aliphatic heterocycles. The third-order valence-corrected chi connectivity index (χ3v) is 3.34. The molecular weight excluding hydrogens is 284 g/mol. The molecule has 3 nitrogen and oxygen atoms in total. The lowest BCUT2D eigenvalue weighted by atomic mass is 10.2. The van der Waals surface area contributed by atoms with Crippen LogP contribution in [-0.4, -0.2) is 9.97 Å². The summed E-state index contributed by atoms with van der Waals surface area (Å²) in [5, 5.41) is -0.257. The van der Waals surface area contributed by atoms with Gasteiger partial charge in [0.25, 0.3) is 0 Å². The van der Waals surface area contributed by atoms with Gasteiger partial charge in [-0.2, -0.15) is 0 Å². The number of halogens is 3. The fourth-order valence-electron chi connectivity index (χ4n) is 2.02. The monoisotopic (exact) mass is 293 g/mol. The average Bonchev–Trinajstić information content (AvgIpc) is 2.85. The number of nitrogens with zero attached hydrogens (tertiary/aromatic N) is 1. The highest BCUT2D eigenvalue weighted by Gasteiger charge is 2.14. The van der Waals surface area contributed by atoms with Gasteiger partial charge < -0.3 is 10.7 Å². The van der Waals surface area contributed by atoms with Crippen LogP contribution in [-0.2, 0) is 6.54 Å². The summed E-state index contributed by atoms with van der Waals surface area (Å²) in [5.41, 5.74) is 7.91. The van der Waals surface area contributed by atoms with E-state index in [0.29, 0.717) is 12.1 Å². The number of hydrogen-bond acceptors (Lipinski definition) is 2. The molecule has 0 unspecified atom stereocenters. The first-order valence-electron chi connectivity index (χ1n) is 5.92. The minimum atomic E-state index is -0.689. The van der Waals surface area contributed by atoms with Gasteiger partial charge in [0.2, 0.25) is 0 Å². The van der Waals surface area contributed by atoms with E-state index in [0.717, 1.165) is 23.2 Å². The molecule has 0 aliphatic rings. The van der Waals surface area contributed by atoms with Gasteiger partial charge in [-0.05, 0) is 29.8 Å². The molecule has 3 rings (SSSR count). The number of imidazole rings is 1. The minimum Gasteiger partial charge on any atom is -0.338 e. The van der Waals surface area contributed by atoms with E-state index >= 15 is 0 Å². The molecule has 0 fully saturated rings. The summed E-state index contributed by atoms with van der Waals surface area (Å²) in [6, 6.07) is 7.41. The molecule has 0 saturated heterocycles. The zero-order chi connectivity index (χ0) is 14.3. The van der Waals surface area contributed by atoms with Crippen molar-refractivity contribution in [2.45, 2.75) is 6.54 Å². The smallest absolute Gasteiger partial charge is 0.142 e. The van der Waals surface area contributed by atoms with Crippen LogP contribution in [0.3, 0.4) is 0 Å². The van der Waals surface area contributed by atoms with Crippen LogP contribution in [0.5, 0.6) is 0 Å². The predicted molar refractivity (Wildman–Crippen MR) is 74.3 cm³/mol. The number of aromatic nitrogens is 2. The second-order valence-corrected chi connectivity index (χ2v) is 4.79. The lowest BCUT2D eigenvalue weighted by molar-refractivity contribution is 0.602. The van der Waals surface area contributed by atoms with Crippen molar-refractivity contribution in [1.29, 1.82) is 0 Å². The Hall–Kier alpha value is -1.98. The zero-order valence-corrected chi connectivity index (χ0v) is 11.0. The molecule has 2 aromatic carbocycles. The Morgan fingerprint density at radius 3 is 2.70 bits per heavy atom. The first kappa shape index (κ1) is 13.0. The lowest BCUT2D eigenvalue weighted by Gasteiger charge is -2.01. The van der Waals surface area contributed by atoms with Crippen LogP contribution in [0.2, 0.25) is 5.02 Å². The summed E-state index contributed by atoms with van der Waals surface area (Å²) < 4.78 is 27.3. The third kappa shape index (κ3) is 2.15. The van der Waals surface area contributed by atoms with Crippen molar-refractivity contribution in [3.05, 3.63) is 52.6 Å². The molecule has 0 bridgehead atoms. The van der Waals surface area contributed by atoms with Gasteiger partial charge in [0, 0.05) is 6.54 Å². The Labute approximate surface area is 118 Å². The summed E-state index contributed by atoms with van der Waals surface area (Å²) in [5.74, 6) is -1.07. The molecule has 20 heavy (non-hydrogen) atoms. The van der Waals surface area contributed by atoms with E-state index in [-0.39, 0.29) is 16.4 Å². The van der Waals surface area contributed by atoms with Crippen LogP contribution in [0.25, 0.3) is 22.4 Å². The number of rotatable bonds is 2. The standard InChI is InChI=1S/C14H10ClF2N3/c15-9-5-10(16)8(4-11(9)17)14-19-12-2-1-7(6-18)3-13(12)20-14/h1-5H,6,18H2,(H,19,20). The third-order valence-electron chi connectivity index (χ3n) is 3.05. The largest absolute Gasteiger partial charge is 0.338 e. The van der Waals surface area contributed by atoms with Crippen molar-refractivity contribution in [1.82, 2.24) is 9.97 Å². The SMILES string of the molecule is NCc1ccc2nc(-c3cc(F)c(Cl)cc3F)[nH]c2c1. The molecule has 0 radical (unpaired) electrons. The van der Waals surface area contributed by atoms with Gasteiger partial charge in [0.1, 0.15) is 17.5 Å². The molecule has 3 N–H and O–H groups in total. The normalized spacial score (nSPS) is 11.2. The number of H-pyrrole nitrogens is 1. The summed E-state index contributed by atoms with van der Waals surface area (Å²) in [6.45, 7) is 0.397. The molecule has 1 aromatic heterocycles. The summed E-state index contributed by atoms with van der Waals surface area (Å²) in [4.78, 5) is 7.20. The molecule has 0 aliphatic carbocycles. The van der Waals surface area contributed by atoms with Crippen LogP contribution < -0.4 is 5.73 Å². The average molecular weight is 294 g/mol. The predicted octanol–water partition coefficient (Wildman–Crippen LogP) is 3.62. The van der Waals surface area contributed by atoms with Crippen LogP contribution >= 0.6 is 11.6 Å². The van der Waals surface area contributed by atoms with Crippen molar-refractivity contribution in [2.75, 3.05) is 0 Å². The van der Waals surface area contributed by atoms with Crippen molar-refractivity contribution in [2.24, 2.45) is 5.73 Å². The fraction of sp³-hybridized carbons (Fsp3) is 0.0714. The van der Waals surface area contributed by atoms with Crippen LogP contribution in [0, 0.1) is 11.6 Å². The number of aromatic amines is 1. The summed E-state index contributed by atoms with van der Waals surface area (Å²) >= 11 is 5.53. The van der Waals surface area contributed by atoms with E-state index in [1.54, 1.807) is 6.07 Å². The van der Waals surface area contributed by atoms with E-state index in [1.807, 2.05) is 12.1 Å². The van der Waals surface area contributed by atoms with E-state index in [2.05, 4.69) is 9.97 Å². The topological polar surface area (TPSA) is 54.7 Å². The van der Waals surface area contributed by atoms with Gasteiger partial charge in [0.15, 0.2) is 0 Å². The maximum absolute atomic E-state index is 13.9. The quantitative estimate of drug-likeness (QED) is 0.709. The highest BCUT2D eigenvalue weighted by Crippen LogP contribution is 2.27. The van der Waals surface area contributed by atoms with Gasteiger partial charge in [-0.1, -0.05) is 17.7 Å². The maximum Gasteiger partial charge on any atom is 0.142 e. The minimum absolute atomic E-state index is 0.0393. The van der Waals surface area contributed by atoms with Crippen molar-refractivity contribution in [3.8, 4) is 11.4 Å². The number of hydrogen-bond donors (Lipinski definition) is 2. The molecule has 0 amide bonds. The number of fused-ring (bicyclic) bond motifs is 1. The molecule has 3 aromatic rings. The Kier molecular flexibility index (Phi) is 3.16. The highest BCUT2D eigenvalue weighted by molar-refractivity contribution is 6.30. The van der Waals surface area contributed by atoms with Crippen LogP contribution in [0.1, 0.15) is 5.56 Å². The van der Waals surface area contributed by atoms with Crippen molar-refractivity contribution in [3.63, 3.8) is 0 Å². The zero-order valence-electron chi connectivity index (χ0n) is 10.3. The van der Waals surface area contributed by atoms with Crippen molar-refractivity contribution >= 4 is 22.6 Å². The Morgan fingerprint density at radius 2 is 1.95 bits per heavy atom. The van der Waals surface area contributed by atoms with E-state index < -0.39 is 11.6 Å². The molecule has 6 heteroatoms. The molecule has 0 spiro atoms. The molecule has 0 saturated carbocycles. The summed E-state index contributed by atoms with van der Waals surface area (Å²) in [6.07, 6.45) is 0. The Balaban J connectivity index is 2.17. The van der Waals surface area contributed by atoms with E-state index in [4.69, 9.17) is 17.3 Å². The fourth-order valence-corrected chi connectivity index (χ4v) is 2.17. The summed E-state index contributed by atoms with van der Waals surface area (Å²) in [7, 11) is 0.